The summed E-state index contributed by atoms with van der Waals surface area (Å²) < 4.78 is 10.3. The normalized spacial score (nSPS) is 11.2. The molecule has 0 aromatic heterocycles. The number of hydrogen-bond acceptors (Lipinski definition) is 5. The third kappa shape index (κ3) is 11.5. The van der Waals surface area contributed by atoms with Gasteiger partial charge in [-0.3, -0.25) is 4.79 Å². The van der Waals surface area contributed by atoms with E-state index in [1.807, 2.05) is 0 Å². The Morgan fingerprint density at radius 2 is 1.29 bits per heavy atom. The van der Waals surface area contributed by atoms with Gasteiger partial charge in [-0.15, -0.1) is 0 Å². The highest BCUT2D eigenvalue weighted by Crippen LogP contribution is 2.29. The number of rotatable bonds is 15. The lowest BCUT2D eigenvalue weighted by Gasteiger charge is -2.16. The van der Waals surface area contributed by atoms with Crippen molar-refractivity contribution in [2.45, 2.75) is 52.9 Å². The zero-order valence-electron chi connectivity index (χ0n) is 26.9. The number of hydrogen-bond donors (Lipinski definition) is 1. The van der Waals surface area contributed by atoms with Crippen LogP contribution in [-0.2, 0) is 31.9 Å². The van der Waals surface area contributed by atoms with Crippen molar-refractivity contribution in [1.82, 2.24) is 0 Å². The van der Waals surface area contributed by atoms with E-state index in [0.29, 0.717) is 18.5 Å². The zero-order chi connectivity index (χ0) is 32.6. The van der Waals surface area contributed by atoms with E-state index in [-0.39, 0.29) is 25.7 Å². The Balaban J connectivity index is 0.00000102. The van der Waals surface area contributed by atoms with Crippen LogP contribution in [-0.4, -0.2) is 37.4 Å². The second-order valence-corrected chi connectivity index (χ2v) is 11.6. The van der Waals surface area contributed by atoms with Crippen LogP contribution in [0.4, 0.5) is 0 Å². The minimum Gasteiger partial charge on any atom is -0.467 e. The molecule has 4 aromatic rings. The lowest BCUT2D eigenvalue weighted by molar-refractivity contribution is -0.141. The number of benzene rings is 4. The van der Waals surface area contributed by atoms with Crippen LogP contribution in [0.3, 0.4) is 0 Å². The molecule has 0 saturated carbocycles. The minimum absolute atomic E-state index is 0.111. The molecule has 0 aliphatic carbocycles. The molecule has 0 radical (unpaired) electrons. The van der Waals surface area contributed by atoms with Crippen molar-refractivity contribution >= 4 is 23.2 Å². The van der Waals surface area contributed by atoms with Crippen LogP contribution in [0.2, 0.25) is 0 Å². The van der Waals surface area contributed by atoms with Crippen LogP contribution >= 0.6 is 0 Å². The summed E-state index contributed by atoms with van der Waals surface area (Å²) in [5.41, 5.74) is 8.39. The first-order valence-corrected chi connectivity index (χ1v) is 15.6. The molecule has 0 spiro atoms. The number of ether oxygens (including phenoxy) is 2. The van der Waals surface area contributed by atoms with E-state index < -0.39 is 5.97 Å². The minimum atomic E-state index is -0.439. The smallest absolute Gasteiger partial charge is 0.333 e. The summed E-state index contributed by atoms with van der Waals surface area (Å²) in [5.74, 6) is -0.572. The molecule has 0 fully saturated rings. The van der Waals surface area contributed by atoms with E-state index in [1.54, 1.807) is 13.8 Å². The number of unbranched alkanes of at least 4 members (excludes halogenated alkanes) is 2. The standard InChI is InChI=1S/C36H38O4.C4H8O/c1-4-5-6-7-27-8-12-30(13-9-27)32-16-18-35-22-33(17-19-34(35)21-32)31-14-10-28(11-15-31)20-29(23-39-25-37)24-40-36(38)26(2)3;1-4(2)3-5/h8-19,21-22,25,29H,2,4-7,20,23-24H2,1,3H3;5H,1,3H2,2H3. The number of fused-ring (bicyclic) bond motifs is 1. The van der Waals surface area contributed by atoms with E-state index in [1.165, 1.54) is 46.7 Å². The number of carbonyl (C=O) groups excluding carboxylic acids is 2. The van der Waals surface area contributed by atoms with E-state index in [9.17, 15) is 9.59 Å². The third-order valence-electron chi connectivity index (χ3n) is 7.48. The summed E-state index contributed by atoms with van der Waals surface area (Å²) in [7, 11) is 0. The molecule has 5 nitrogen and oxygen atoms in total. The first-order valence-electron chi connectivity index (χ1n) is 15.6. The van der Waals surface area contributed by atoms with Crippen LogP contribution in [0, 0.1) is 5.92 Å². The highest BCUT2D eigenvalue weighted by Gasteiger charge is 2.15. The van der Waals surface area contributed by atoms with Crippen LogP contribution in [0.25, 0.3) is 33.0 Å². The molecule has 0 saturated heterocycles. The quantitative estimate of drug-likeness (QED) is 0.0481. The molecule has 5 heteroatoms. The van der Waals surface area contributed by atoms with Crippen LogP contribution < -0.4 is 0 Å². The maximum absolute atomic E-state index is 11.8. The summed E-state index contributed by atoms with van der Waals surface area (Å²) >= 11 is 0. The Bertz CT molecular complexity index is 1550. The van der Waals surface area contributed by atoms with Crippen LogP contribution in [0.1, 0.15) is 51.2 Å². The average Bonchev–Trinajstić information content (AvgIpc) is 3.06. The fraction of sp³-hybridized carbons (Fsp3) is 0.300. The highest BCUT2D eigenvalue weighted by molar-refractivity contribution is 5.91. The molecule has 1 atom stereocenters. The van der Waals surface area contributed by atoms with Gasteiger partial charge in [-0.2, -0.15) is 0 Å². The molecule has 0 aliphatic rings. The van der Waals surface area contributed by atoms with Gasteiger partial charge in [0, 0.05) is 11.5 Å². The third-order valence-corrected chi connectivity index (χ3v) is 7.48. The van der Waals surface area contributed by atoms with Gasteiger partial charge in [0.15, 0.2) is 0 Å². The maximum atomic E-state index is 11.8. The molecule has 45 heavy (non-hydrogen) atoms. The van der Waals surface area contributed by atoms with Gasteiger partial charge in [0.05, 0.1) is 19.8 Å². The monoisotopic (exact) mass is 606 g/mol. The molecule has 4 aromatic carbocycles. The van der Waals surface area contributed by atoms with Crippen molar-refractivity contribution in [3.05, 3.63) is 120 Å². The van der Waals surface area contributed by atoms with Crippen molar-refractivity contribution in [2.24, 2.45) is 5.92 Å². The first kappa shape index (κ1) is 35.0. The molecule has 0 amide bonds. The molecule has 0 bridgehead atoms. The summed E-state index contributed by atoms with van der Waals surface area (Å²) in [5, 5.41) is 10.5. The lowest BCUT2D eigenvalue weighted by atomic mass is 9.95. The largest absolute Gasteiger partial charge is 0.467 e. The van der Waals surface area contributed by atoms with Crippen LogP contribution in [0.15, 0.2) is 109 Å². The second-order valence-electron chi connectivity index (χ2n) is 11.6. The number of esters is 1. The molecule has 236 valence electrons. The van der Waals surface area contributed by atoms with Gasteiger partial charge in [0.25, 0.3) is 6.47 Å². The molecule has 0 aliphatic heterocycles. The summed E-state index contributed by atoms with van der Waals surface area (Å²) in [6, 6.07) is 30.6. The van der Waals surface area contributed by atoms with Crippen molar-refractivity contribution in [2.75, 3.05) is 19.8 Å². The number of carbonyl (C=O) groups is 2. The summed E-state index contributed by atoms with van der Waals surface area (Å²) in [6.45, 7) is 13.5. The van der Waals surface area contributed by atoms with Gasteiger partial charge in [0.1, 0.15) is 0 Å². The fourth-order valence-corrected chi connectivity index (χ4v) is 4.87. The SMILES string of the molecule is C=C(C)C(=O)OCC(COC=O)Cc1ccc(-c2ccc3cc(-c4ccc(CCCCC)cc4)ccc3c2)cc1.C=C(C)CO. The van der Waals surface area contributed by atoms with Gasteiger partial charge < -0.3 is 14.6 Å². The number of aliphatic hydroxyl groups excluding tert-OH is 1. The fourth-order valence-electron chi connectivity index (χ4n) is 4.87. The van der Waals surface area contributed by atoms with E-state index in [0.717, 1.165) is 28.7 Å². The number of aliphatic hydroxyl groups is 1. The first-order chi connectivity index (χ1) is 21.7. The zero-order valence-corrected chi connectivity index (χ0v) is 26.9. The van der Waals surface area contributed by atoms with Gasteiger partial charge >= 0.3 is 5.97 Å². The van der Waals surface area contributed by atoms with E-state index in [2.05, 4.69) is 105 Å². The topological polar surface area (TPSA) is 72.8 Å². The molecular formula is C40H46O5. The molecular weight excluding hydrogens is 560 g/mol. The van der Waals surface area contributed by atoms with Crippen molar-refractivity contribution in [1.29, 1.82) is 0 Å². The van der Waals surface area contributed by atoms with Gasteiger partial charge in [0.2, 0.25) is 0 Å². The van der Waals surface area contributed by atoms with Gasteiger partial charge in [-0.25, -0.2) is 4.79 Å². The lowest BCUT2D eigenvalue weighted by Crippen LogP contribution is -2.21. The Labute approximate surface area is 268 Å². The molecule has 1 unspecified atom stereocenters. The highest BCUT2D eigenvalue weighted by atomic mass is 16.5. The number of aryl methyl sites for hydroxylation is 1. The van der Waals surface area contributed by atoms with Crippen molar-refractivity contribution in [3.63, 3.8) is 0 Å². The predicted octanol–water partition coefficient (Wildman–Crippen LogP) is 8.91. The molecule has 0 heterocycles. The molecule has 4 rings (SSSR count). The Morgan fingerprint density at radius 3 is 1.76 bits per heavy atom. The Kier molecular flexibility index (Phi) is 14.3. The second kappa shape index (κ2) is 18.4. The Hall–Kier alpha value is -4.48. The Morgan fingerprint density at radius 1 is 0.778 bits per heavy atom. The van der Waals surface area contributed by atoms with Gasteiger partial charge in [-0.05, 0) is 89.4 Å². The summed E-state index contributed by atoms with van der Waals surface area (Å²) in [4.78, 5) is 22.5. The van der Waals surface area contributed by atoms with Crippen molar-refractivity contribution < 1.29 is 24.2 Å². The van der Waals surface area contributed by atoms with Crippen LogP contribution in [0.5, 0.6) is 0 Å². The summed E-state index contributed by atoms with van der Waals surface area (Å²) in [6.07, 6.45) is 5.55. The van der Waals surface area contributed by atoms with E-state index >= 15 is 0 Å². The average molecular weight is 607 g/mol. The molecule has 1 N–H and O–H groups in total. The predicted molar refractivity (Wildman–Crippen MR) is 185 cm³/mol. The van der Waals surface area contributed by atoms with Gasteiger partial charge in [-0.1, -0.05) is 111 Å². The van der Waals surface area contributed by atoms with Crippen molar-refractivity contribution in [3.8, 4) is 22.3 Å². The maximum Gasteiger partial charge on any atom is 0.333 e. The van der Waals surface area contributed by atoms with E-state index in [4.69, 9.17) is 14.6 Å².